The van der Waals surface area contributed by atoms with Gasteiger partial charge in [-0.2, -0.15) is 17.9 Å². The van der Waals surface area contributed by atoms with Crippen LogP contribution in [-0.4, -0.2) is 14.6 Å². The maximum absolute atomic E-state index is 12.7. The molecular formula is C22H23F3N2O3S. The van der Waals surface area contributed by atoms with Crippen LogP contribution in [0, 0.1) is 0 Å². The van der Waals surface area contributed by atoms with Crippen LogP contribution in [-0.2, 0) is 27.5 Å². The van der Waals surface area contributed by atoms with Crippen molar-refractivity contribution < 1.29 is 26.3 Å². The van der Waals surface area contributed by atoms with E-state index in [-0.39, 0.29) is 4.90 Å². The fourth-order valence-corrected chi connectivity index (χ4v) is 4.35. The van der Waals surface area contributed by atoms with Crippen LogP contribution in [0.15, 0.2) is 82.1 Å². The second kappa shape index (κ2) is 8.76. The quantitative estimate of drug-likeness (QED) is 0.667. The topological polar surface area (TPSA) is 67.4 Å². The van der Waals surface area contributed by atoms with Gasteiger partial charge in [0, 0.05) is 0 Å². The number of dihydropyridines is 1. The van der Waals surface area contributed by atoms with Gasteiger partial charge >= 0.3 is 6.18 Å². The number of alkyl halides is 3. The number of sulfonamides is 1. The monoisotopic (exact) mass is 452 g/mol. The molecule has 1 heterocycles. The Morgan fingerprint density at radius 1 is 1.00 bits per heavy atom. The first-order valence-electron chi connectivity index (χ1n) is 9.50. The van der Waals surface area contributed by atoms with E-state index in [1.54, 1.807) is 13.8 Å². The van der Waals surface area contributed by atoms with E-state index in [1.807, 2.05) is 37.3 Å². The molecule has 1 atom stereocenters. The maximum atomic E-state index is 12.7. The third-order valence-electron chi connectivity index (χ3n) is 5.06. The van der Waals surface area contributed by atoms with E-state index in [2.05, 4.69) is 10.0 Å². The van der Waals surface area contributed by atoms with Crippen molar-refractivity contribution in [3.05, 3.63) is 88.3 Å². The van der Waals surface area contributed by atoms with Gasteiger partial charge in [0.15, 0.2) is 0 Å². The lowest BCUT2D eigenvalue weighted by atomic mass is 10.0. The molecule has 3 rings (SSSR count). The highest BCUT2D eigenvalue weighted by molar-refractivity contribution is 7.89. The first-order chi connectivity index (χ1) is 14.5. The molecule has 0 aliphatic carbocycles. The Labute approximate surface area is 179 Å². The second-order valence-corrected chi connectivity index (χ2v) is 8.97. The predicted octanol–water partition coefficient (Wildman–Crippen LogP) is 4.70. The van der Waals surface area contributed by atoms with Crippen LogP contribution in [0.4, 0.5) is 13.2 Å². The number of hydrogen-bond acceptors (Lipinski definition) is 4. The van der Waals surface area contributed by atoms with E-state index in [9.17, 15) is 21.6 Å². The van der Waals surface area contributed by atoms with Crippen molar-refractivity contribution in [3.63, 3.8) is 0 Å². The minimum atomic E-state index is -4.53. The molecule has 0 saturated carbocycles. The molecule has 1 unspecified atom stereocenters. The van der Waals surface area contributed by atoms with Crippen LogP contribution in [0.5, 0.6) is 0 Å². The van der Waals surface area contributed by atoms with Gasteiger partial charge in [-0.25, -0.2) is 8.42 Å². The zero-order valence-electron chi connectivity index (χ0n) is 17.2. The van der Waals surface area contributed by atoms with Crippen LogP contribution in [0.2, 0.25) is 0 Å². The molecule has 5 nitrogen and oxygen atoms in total. The first-order valence-corrected chi connectivity index (χ1v) is 11.0. The smallest absolute Gasteiger partial charge is 0.416 e. The zero-order valence-corrected chi connectivity index (χ0v) is 18.1. The van der Waals surface area contributed by atoms with Gasteiger partial charge in [-0.3, -0.25) is 0 Å². The van der Waals surface area contributed by atoms with Gasteiger partial charge in [0.1, 0.15) is 18.5 Å². The summed E-state index contributed by atoms with van der Waals surface area (Å²) in [5.41, 5.74) is 2.22. The number of benzene rings is 2. The highest BCUT2D eigenvalue weighted by atomic mass is 32.2. The molecule has 2 aromatic carbocycles. The molecule has 0 radical (unpaired) electrons. The summed E-state index contributed by atoms with van der Waals surface area (Å²) in [5, 5.41) is 3.07. The maximum Gasteiger partial charge on any atom is 0.416 e. The third kappa shape index (κ3) is 5.29. The summed E-state index contributed by atoms with van der Waals surface area (Å²) in [4.78, 5) is -0.250. The molecule has 0 bridgehead atoms. The summed E-state index contributed by atoms with van der Waals surface area (Å²) in [6, 6.07) is 13.0. The van der Waals surface area contributed by atoms with Crippen molar-refractivity contribution in [2.45, 2.75) is 44.6 Å². The highest BCUT2D eigenvalue weighted by Gasteiger charge is 2.32. The van der Waals surface area contributed by atoms with Crippen molar-refractivity contribution >= 4 is 10.0 Å². The number of rotatable bonds is 6. The average Bonchev–Trinajstić information content (AvgIpc) is 2.72. The molecule has 2 N–H and O–H groups in total. The predicted molar refractivity (Wildman–Crippen MR) is 111 cm³/mol. The lowest BCUT2D eigenvalue weighted by molar-refractivity contribution is -0.137. The minimum absolute atomic E-state index is 0.250. The van der Waals surface area contributed by atoms with Crippen LogP contribution in [0.1, 0.15) is 31.9 Å². The molecule has 0 spiro atoms. The summed E-state index contributed by atoms with van der Waals surface area (Å²) >= 11 is 0. The normalized spacial score (nSPS) is 17.5. The molecule has 0 amide bonds. The molecule has 2 aromatic rings. The number of hydrogen-bond donors (Lipinski definition) is 2. The molecule has 9 heteroatoms. The van der Waals surface area contributed by atoms with Gasteiger partial charge in [-0.15, -0.1) is 0 Å². The van der Waals surface area contributed by atoms with E-state index >= 15 is 0 Å². The summed E-state index contributed by atoms with van der Waals surface area (Å²) < 4.78 is 72.1. The van der Waals surface area contributed by atoms with Crippen LogP contribution in [0.25, 0.3) is 0 Å². The molecule has 1 aliphatic heterocycles. The van der Waals surface area contributed by atoms with Gasteiger partial charge in [-0.1, -0.05) is 30.3 Å². The van der Waals surface area contributed by atoms with Crippen LogP contribution < -0.4 is 10.0 Å². The Balaban J connectivity index is 1.75. The summed E-state index contributed by atoms with van der Waals surface area (Å²) in [6.07, 6.45) is -5.29. The summed E-state index contributed by atoms with van der Waals surface area (Å²) in [7, 11) is -4.05. The standard InChI is InChI=1S/C22H23F3N2O3S/c1-14-15(2)21(26-16(3)20(14)30-13-17-7-5-4-6-8-17)27-31(28,29)19-11-9-18(10-12-19)22(23,24)25/h4-12,21,26-27H,13H2,1-3H3. The van der Waals surface area contributed by atoms with Crippen molar-refractivity contribution in [1.82, 2.24) is 10.0 Å². The summed E-state index contributed by atoms with van der Waals surface area (Å²) in [6.45, 7) is 5.73. The van der Waals surface area contributed by atoms with Gasteiger partial charge in [0.05, 0.1) is 16.2 Å². The fourth-order valence-electron chi connectivity index (χ4n) is 3.18. The average molecular weight is 452 g/mol. The Hall–Kier alpha value is -2.78. The van der Waals surface area contributed by atoms with Crippen molar-refractivity contribution in [3.8, 4) is 0 Å². The number of nitrogens with one attached hydrogen (secondary N) is 2. The Morgan fingerprint density at radius 3 is 2.19 bits per heavy atom. The van der Waals surface area contributed by atoms with E-state index in [1.165, 1.54) is 0 Å². The first kappa shape index (κ1) is 22.9. The lowest BCUT2D eigenvalue weighted by Gasteiger charge is -2.30. The van der Waals surface area contributed by atoms with Crippen molar-refractivity contribution in [2.75, 3.05) is 0 Å². The molecule has 1 aliphatic rings. The van der Waals surface area contributed by atoms with E-state index < -0.39 is 27.9 Å². The van der Waals surface area contributed by atoms with E-state index in [0.29, 0.717) is 23.6 Å². The van der Waals surface area contributed by atoms with Gasteiger partial charge < -0.3 is 10.1 Å². The number of halogens is 3. The second-order valence-electron chi connectivity index (χ2n) is 7.26. The highest BCUT2D eigenvalue weighted by Crippen LogP contribution is 2.30. The van der Waals surface area contributed by atoms with Crippen molar-refractivity contribution in [1.29, 1.82) is 0 Å². The number of ether oxygens (including phenoxy) is 1. The van der Waals surface area contributed by atoms with E-state index in [4.69, 9.17) is 4.74 Å². The Kier molecular flexibility index (Phi) is 6.47. The Bertz CT molecular complexity index is 1110. The van der Waals surface area contributed by atoms with Gasteiger partial charge in [0.2, 0.25) is 10.0 Å². The number of allylic oxidation sites excluding steroid dienone is 2. The Morgan fingerprint density at radius 2 is 1.61 bits per heavy atom. The molecule has 0 aromatic heterocycles. The SMILES string of the molecule is CC1=C(OCc2ccccc2)C(C)=C(C)C(NS(=O)(=O)c2ccc(C(F)(F)F)cc2)N1. The largest absolute Gasteiger partial charge is 0.487 e. The van der Waals surface area contributed by atoms with Gasteiger partial charge in [-0.05, 0) is 61.7 Å². The molecule has 31 heavy (non-hydrogen) atoms. The van der Waals surface area contributed by atoms with Crippen molar-refractivity contribution in [2.24, 2.45) is 0 Å². The third-order valence-corrected chi connectivity index (χ3v) is 6.50. The summed E-state index contributed by atoms with van der Waals surface area (Å²) in [5.74, 6) is 0.631. The molecule has 0 fully saturated rings. The van der Waals surface area contributed by atoms with Crippen LogP contribution >= 0.6 is 0 Å². The lowest BCUT2D eigenvalue weighted by Crippen LogP contribution is -2.47. The molecular weight excluding hydrogens is 429 g/mol. The molecule has 0 saturated heterocycles. The minimum Gasteiger partial charge on any atom is -0.487 e. The fraction of sp³-hybridized carbons (Fsp3) is 0.273. The van der Waals surface area contributed by atoms with Crippen LogP contribution in [0.3, 0.4) is 0 Å². The zero-order chi connectivity index (χ0) is 22.8. The molecule has 166 valence electrons. The van der Waals surface area contributed by atoms with Gasteiger partial charge in [0.25, 0.3) is 0 Å². The van der Waals surface area contributed by atoms with E-state index in [0.717, 1.165) is 35.4 Å².